The molecule has 0 bridgehead atoms. The van der Waals surface area contributed by atoms with Gasteiger partial charge in [0, 0.05) is 11.1 Å². The Morgan fingerprint density at radius 3 is 2.57 bits per heavy atom. The summed E-state index contributed by atoms with van der Waals surface area (Å²) in [7, 11) is 1.53. The maximum absolute atomic E-state index is 13.8. The van der Waals surface area contributed by atoms with Crippen LogP contribution in [0.25, 0.3) is 11.1 Å². The van der Waals surface area contributed by atoms with Gasteiger partial charge in [-0.3, -0.25) is 9.59 Å². The maximum Gasteiger partial charge on any atom is 0.243 e. The number of hydrogen-bond acceptors (Lipinski definition) is 4. The van der Waals surface area contributed by atoms with Crippen LogP contribution in [0.3, 0.4) is 0 Å². The summed E-state index contributed by atoms with van der Waals surface area (Å²) >= 11 is 7.60. The van der Waals surface area contributed by atoms with Gasteiger partial charge in [0.25, 0.3) is 0 Å². The molecule has 0 saturated heterocycles. The summed E-state index contributed by atoms with van der Waals surface area (Å²) in [6.45, 7) is 1.50. The first kappa shape index (κ1) is 18.7. The number of thiophene rings is 1. The smallest absolute Gasteiger partial charge is 0.243 e. The Morgan fingerprint density at radius 2 is 1.86 bits per heavy atom. The molecule has 28 heavy (non-hydrogen) atoms. The molecule has 142 valence electrons. The zero-order valence-corrected chi connectivity index (χ0v) is 16.6. The van der Waals surface area contributed by atoms with Crippen molar-refractivity contribution in [3.63, 3.8) is 0 Å². The number of fused-ring (bicyclic) bond motifs is 1. The van der Waals surface area contributed by atoms with Crippen LogP contribution < -0.4 is 10.1 Å². The van der Waals surface area contributed by atoms with E-state index < -0.39 is 22.9 Å². The normalized spacial score (nSPS) is 18.6. The third-order valence-electron chi connectivity index (χ3n) is 5.01. The Balaban J connectivity index is 1.96. The fourth-order valence-corrected chi connectivity index (χ4v) is 4.80. The summed E-state index contributed by atoms with van der Waals surface area (Å²) in [6, 6.07) is 12.7. The molecule has 7 heteroatoms. The van der Waals surface area contributed by atoms with Crippen molar-refractivity contribution in [2.45, 2.75) is 12.3 Å². The van der Waals surface area contributed by atoms with Crippen LogP contribution >= 0.6 is 22.9 Å². The Bertz CT molecular complexity index is 1130. The number of carbonyl (C=O) groups is 2. The molecule has 1 aromatic heterocycles. The number of carbonyl (C=O) groups excluding carboxylic acids is 2. The monoisotopic (exact) mass is 415 g/mol. The van der Waals surface area contributed by atoms with Gasteiger partial charge in [0.1, 0.15) is 26.3 Å². The van der Waals surface area contributed by atoms with Crippen LogP contribution in [0.2, 0.25) is 4.34 Å². The van der Waals surface area contributed by atoms with E-state index in [-0.39, 0.29) is 5.56 Å². The first-order chi connectivity index (χ1) is 13.4. The number of anilines is 1. The topological polar surface area (TPSA) is 55.4 Å². The van der Waals surface area contributed by atoms with E-state index in [2.05, 4.69) is 5.32 Å². The van der Waals surface area contributed by atoms with Crippen LogP contribution in [-0.2, 0) is 10.2 Å². The largest absolute Gasteiger partial charge is 0.496 e. The molecular weight excluding hydrogens is 401 g/mol. The minimum Gasteiger partial charge on any atom is -0.496 e. The summed E-state index contributed by atoms with van der Waals surface area (Å²) in [6.07, 6.45) is 0. The van der Waals surface area contributed by atoms with Gasteiger partial charge in [0.2, 0.25) is 5.91 Å². The average molecular weight is 416 g/mol. The van der Waals surface area contributed by atoms with E-state index in [0.717, 1.165) is 11.3 Å². The molecule has 1 aliphatic heterocycles. The van der Waals surface area contributed by atoms with E-state index in [9.17, 15) is 14.0 Å². The maximum atomic E-state index is 13.8. The summed E-state index contributed by atoms with van der Waals surface area (Å²) in [5, 5.41) is 3.16. The first-order valence-corrected chi connectivity index (χ1v) is 9.65. The molecule has 4 nitrogen and oxygen atoms in total. The van der Waals surface area contributed by atoms with Crippen LogP contribution in [0.5, 0.6) is 5.75 Å². The zero-order chi connectivity index (χ0) is 20.1. The SMILES string of the molecule is COc1ccccc1-c1c(Cl)sc2c1C(=O)C(C)(c1cccc(F)c1)C(=O)N2. The molecule has 1 amide bonds. The Morgan fingerprint density at radius 1 is 1.11 bits per heavy atom. The molecule has 1 aliphatic rings. The highest BCUT2D eigenvalue weighted by Crippen LogP contribution is 2.50. The molecule has 1 unspecified atom stereocenters. The van der Waals surface area contributed by atoms with Crippen molar-refractivity contribution in [1.82, 2.24) is 0 Å². The highest BCUT2D eigenvalue weighted by Gasteiger charge is 2.49. The summed E-state index contributed by atoms with van der Waals surface area (Å²) in [5.41, 5.74) is 0.182. The average Bonchev–Trinajstić information content (AvgIpc) is 3.01. The molecule has 0 radical (unpaired) electrons. The third-order valence-corrected chi connectivity index (χ3v) is 6.32. The number of nitrogens with one attached hydrogen (secondary N) is 1. The fraction of sp³-hybridized carbons (Fsp3) is 0.143. The zero-order valence-electron chi connectivity index (χ0n) is 15.0. The second kappa shape index (κ2) is 6.72. The lowest BCUT2D eigenvalue weighted by Gasteiger charge is -2.31. The fourth-order valence-electron chi connectivity index (χ4n) is 3.44. The van der Waals surface area contributed by atoms with Gasteiger partial charge < -0.3 is 10.1 Å². The van der Waals surface area contributed by atoms with Crippen molar-refractivity contribution in [2.24, 2.45) is 0 Å². The summed E-state index contributed by atoms with van der Waals surface area (Å²) in [5.74, 6) is -0.901. The molecule has 1 N–H and O–H groups in total. The quantitative estimate of drug-likeness (QED) is 0.590. The molecule has 0 fully saturated rings. The van der Waals surface area contributed by atoms with Crippen molar-refractivity contribution in [3.05, 3.63) is 69.8 Å². The molecule has 3 aromatic rings. The number of amides is 1. The highest BCUT2D eigenvalue weighted by atomic mass is 35.5. The van der Waals surface area contributed by atoms with E-state index >= 15 is 0 Å². The highest BCUT2D eigenvalue weighted by molar-refractivity contribution is 7.21. The van der Waals surface area contributed by atoms with Crippen LogP contribution in [0.15, 0.2) is 48.5 Å². The second-order valence-corrected chi connectivity index (χ2v) is 8.20. The van der Waals surface area contributed by atoms with Gasteiger partial charge in [-0.15, -0.1) is 11.3 Å². The first-order valence-electron chi connectivity index (χ1n) is 8.46. The van der Waals surface area contributed by atoms with E-state index in [0.29, 0.717) is 31.8 Å². The van der Waals surface area contributed by atoms with Crippen LogP contribution in [0.1, 0.15) is 22.8 Å². The van der Waals surface area contributed by atoms with Crippen molar-refractivity contribution in [2.75, 3.05) is 12.4 Å². The lowest BCUT2D eigenvalue weighted by molar-refractivity contribution is -0.119. The van der Waals surface area contributed by atoms with Crippen molar-refractivity contribution in [3.8, 4) is 16.9 Å². The molecule has 1 atom stereocenters. The van der Waals surface area contributed by atoms with E-state index in [1.54, 1.807) is 18.2 Å². The Hall–Kier alpha value is -2.70. The number of ether oxygens (including phenoxy) is 1. The standard InChI is InChI=1S/C21H15ClFNO3S/c1-21(11-6-5-7-12(23)10-11)17(25)16-15(13-8-3-4-9-14(13)27-2)18(22)28-19(16)24-20(21)26/h3-10H,1-2H3,(H,24,26). The van der Waals surface area contributed by atoms with Crippen LogP contribution in [0, 0.1) is 5.82 Å². The number of hydrogen-bond donors (Lipinski definition) is 1. The van der Waals surface area contributed by atoms with Crippen molar-refractivity contribution in [1.29, 1.82) is 0 Å². The second-order valence-electron chi connectivity index (χ2n) is 6.57. The lowest BCUT2D eigenvalue weighted by atomic mass is 9.73. The lowest BCUT2D eigenvalue weighted by Crippen LogP contribution is -2.48. The van der Waals surface area contributed by atoms with E-state index in [1.165, 1.54) is 32.2 Å². The number of rotatable bonds is 3. The predicted octanol–water partition coefficient (Wildman–Crippen LogP) is 5.31. The molecule has 4 rings (SSSR count). The van der Waals surface area contributed by atoms with E-state index in [1.807, 2.05) is 12.1 Å². The summed E-state index contributed by atoms with van der Waals surface area (Å²) < 4.78 is 19.6. The van der Waals surface area contributed by atoms with Gasteiger partial charge in [-0.25, -0.2) is 4.39 Å². The van der Waals surface area contributed by atoms with Crippen LogP contribution in [-0.4, -0.2) is 18.8 Å². The van der Waals surface area contributed by atoms with E-state index in [4.69, 9.17) is 16.3 Å². The van der Waals surface area contributed by atoms with Gasteiger partial charge in [-0.05, 0) is 30.7 Å². The van der Waals surface area contributed by atoms with Gasteiger partial charge in [-0.2, -0.15) is 0 Å². The Kier molecular flexibility index (Phi) is 4.48. The number of para-hydroxylation sites is 1. The van der Waals surface area contributed by atoms with Crippen molar-refractivity contribution >= 4 is 39.6 Å². The number of benzene rings is 2. The third kappa shape index (κ3) is 2.64. The van der Waals surface area contributed by atoms with Gasteiger partial charge in [0.05, 0.1) is 12.7 Å². The molecule has 0 saturated carbocycles. The minimum atomic E-state index is -1.57. The molecule has 2 heterocycles. The van der Waals surface area contributed by atoms with Crippen LogP contribution in [0.4, 0.5) is 9.39 Å². The molecule has 0 spiro atoms. The molecular formula is C21H15ClFNO3S. The predicted molar refractivity (Wildman–Crippen MR) is 108 cm³/mol. The van der Waals surface area contributed by atoms with Crippen molar-refractivity contribution < 1.29 is 18.7 Å². The molecule has 2 aromatic carbocycles. The van der Waals surface area contributed by atoms with Gasteiger partial charge in [0.15, 0.2) is 5.78 Å². The minimum absolute atomic E-state index is 0.286. The number of ketones is 1. The van der Waals surface area contributed by atoms with Gasteiger partial charge >= 0.3 is 0 Å². The summed E-state index contributed by atoms with van der Waals surface area (Å²) in [4.78, 5) is 26.5. The molecule has 0 aliphatic carbocycles. The van der Waals surface area contributed by atoms with Gasteiger partial charge in [-0.1, -0.05) is 41.9 Å². The number of halogens is 2. The number of Topliss-reactive ketones (excluding diaryl/α,β-unsaturated/α-hetero) is 1. The number of methoxy groups -OCH3 is 1. The Labute approximate surface area is 169 Å².